The summed E-state index contributed by atoms with van der Waals surface area (Å²) in [5.41, 5.74) is 0. The van der Waals surface area contributed by atoms with Crippen LogP contribution in [0.25, 0.3) is 0 Å². The maximum absolute atomic E-state index is 12.8. The molecule has 0 heterocycles. The Morgan fingerprint density at radius 1 is 0.359 bits per heavy atom. The predicted molar refractivity (Wildman–Crippen MR) is 279 cm³/mol. The van der Waals surface area contributed by atoms with Crippen LogP contribution in [0.2, 0.25) is 0 Å². The molecule has 1 atom stereocenters. The molecule has 0 aromatic carbocycles. The fourth-order valence-corrected chi connectivity index (χ4v) is 6.65. The lowest BCUT2D eigenvalue weighted by molar-refractivity contribution is -0.163. The minimum atomic E-state index is -0.596. The van der Waals surface area contributed by atoms with E-state index in [1.54, 1.807) is 0 Å². The summed E-state index contributed by atoms with van der Waals surface area (Å²) in [7, 11) is 0. The van der Waals surface area contributed by atoms with Gasteiger partial charge < -0.3 is 14.2 Å². The van der Waals surface area contributed by atoms with E-state index in [-0.39, 0.29) is 25.2 Å². The molecule has 0 spiro atoms. The molecule has 0 fully saturated rings. The van der Waals surface area contributed by atoms with Crippen LogP contribution in [0.5, 0.6) is 0 Å². The highest BCUT2D eigenvalue weighted by Gasteiger charge is 2.17. The van der Waals surface area contributed by atoms with E-state index in [9.17, 15) is 9.59 Å². The Hall–Kier alpha value is -3.70. The molecule has 5 nitrogen and oxygen atoms in total. The second kappa shape index (κ2) is 53.6. The molecule has 0 aliphatic heterocycles. The normalized spacial score (nSPS) is 13.2. The number of ether oxygens (including phenoxy) is 3. The van der Waals surface area contributed by atoms with Gasteiger partial charge in [0.15, 0.2) is 6.10 Å². The molecule has 64 heavy (non-hydrogen) atoms. The average molecular weight is 885 g/mol. The molecule has 0 bridgehead atoms. The second-order valence-electron chi connectivity index (χ2n) is 16.7. The Bertz CT molecular complexity index is 1320. The van der Waals surface area contributed by atoms with Crippen molar-refractivity contribution in [1.29, 1.82) is 0 Å². The first-order valence-electron chi connectivity index (χ1n) is 26.1. The van der Waals surface area contributed by atoms with E-state index in [4.69, 9.17) is 14.2 Å². The summed E-state index contributed by atoms with van der Waals surface area (Å²) >= 11 is 0. The molecule has 0 saturated carbocycles. The van der Waals surface area contributed by atoms with Gasteiger partial charge in [-0.05, 0) is 122 Å². The molecule has 0 rings (SSSR count). The topological polar surface area (TPSA) is 61.8 Å². The summed E-state index contributed by atoms with van der Waals surface area (Å²) in [5.74, 6) is -0.488. The SMILES string of the molecule is CC/C=C\C/C=C\C/C=C\C/C=C\CCCCC(=O)OC(COCCC/C=C\C/C=C\C/C=C\C/C=C\CC)COC(=O)CCCCCCCCCCC/C=C\C/C=C\CCCCC. The molecule has 0 aliphatic carbocycles. The van der Waals surface area contributed by atoms with Crippen molar-refractivity contribution >= 4 is 11.9 Å². The zero-order valence-electron chi connectivity index (χ0n) is 41.5. The summed E-state index contributed by atoms with van der Waals surface area (Å²) < 4.78 is 17.3. The van der Waals surface area contributed by atoms with Gasteiger partial charge in [-0.15, -0.1) is 0 Å². The van der Waals surface area contributed by atoms with Gasteiger partial charge in [0.25, 0.3) is 0 Å². The van der Waals surface area contributed by atoms with Gasteiger partial charge in [-0.25, -0.2) is 0 Å². The van der Waals surface area contributed by atoms with Crippen LogP contribution >= 0.6 is 0 Å². The van der Waals surface area contributed by atoms with Crippen molar-refractivity contribution in [1.82, 2.24) is 0 Å². The van der Waals surface area contributed by atoms with E-state index in [1.165, 1.54) is 70.6 Å². The summed E-state index contributed by atoms with van der Waals surface area (Å²) in [6.45, 7) is 7.38. The van der Waals surface area contributed by atoms with Gasteiger partial charge in [0.1, 0.15) is 6.61 Å². The van der Waals surface area contributed by atoms with Crippen molar-refractivity contribution in [2.75, 3.05) is 19.8 Å². The van der Waals surface area contributed by atoms with Crippen molar-refractivity contribution in [3.05, 3.63) is 122 Å². The minimum absolute atomic E-state index is 0.0371. The molecule has 0 saturated heterocycles. The van der Waals surface area contributed by atoms with Crippen LogP contribution in [0, 0.1) is 0 Å². The fraction of sp³-hybridized carbons (Fsp3) is 0.627. The van der Waals surface area contributed by atoms with Crippen LogP contribution in [0.15, 0.2) is 122 Å². The number of rotatable bonds is 46. The average Bonchev–Trinajstić information content (AvgIpc) is 3.30. The Balaban J connectivity index is 4.41. The third kappa shape index (κ3) is 50.9. The Labute approximate surface area is 395 Å². The number of allylic oxidation sites excluding steroid dienone is 20. The highest BCUT2D eigenvalue weighted by atomic mass is 16.6. The number of unbranched alkanes of at least 4 members (excludes halogenated alkanes) is 15. The first-order chi connectivity index (χ1) is 31.6. The second-order valence-corrected chi connectivity index (χ2v) is 16.7. The molecule has 1 unspecified atom stereocenters. The number of carbonyl (C=O) groups is 2. The van der Waals surface area contributed by atoms with Crippen LogP contribution < -0.4 is 0 Å². The smallest absolute Gasteiger partial charge is 0.306 e. The predicted octanol–water partition coefficient (Wildman–Crippen LogP) is 17.8. The first-order valence-corrected chi connectivity index (χ1v) is 26.1. The third-order valence-electron chi connectivity index (χ3n) is 10.5. The maximum Gasteiger partial charge on any atom is 0.306 e. The van der Waals surface area contributed by atoms with Gasteiger partial charge in [-0.2, -0.15) is 0 Å². The molecule has 362 valence electrons. The zero-order valence-corrected chi connectivity index (χ0v) is 41.5. The summed E-state index contributed by atoms with van der Waals surface area (Å²) in [6.07, 6.45) is 75.1. The van der Waals surface area contributed by atoms with Crippen LogP contribution in [0.3, 0.4) is 0 Å². The lowest BCUT2D eigenvalue weighted by Gasteiger charge is -2.18. The molecule has 0 aromatic heterocycles. The highest BCUT2D eigenvalue weighted by Crippen LogP contribution is 2.13. The number of hydrogen-bond acceptors (Lipinski definition) is 5. The van der Waals surface area contributed by atoms with Gasteiger partial charge in [-0.1, -0.05) is 200 Å². The molecule has 0 amide bonds. The Kier molecular flexibility index (Phi) is 50.5. The van der Waals surface area contributed by atoms with Gasteiger partial charge in [0, 0.05) is 19.4 Å². The van der Waals surface area contributed by atoms with Crippen LogP contribution in [0.4, 0.5) is 0 Å². The molecule has 0 aromatic rings. The van der Waals surface area contributed by atoms with E-state index in [2.05, 4.69) is 142 Å². The van der Waals surface area contributed by atoms with Gasteiger partial charge in [0.05, 0.1) is 6.61 Å². The first kappa shape index (κ1) is 60.3. The molecule has 5 heteroatoms. The molecular formula is C59H96O5. The quantitative estimate of drug-likeness (QED) is 0.0346. The summed E-state index contributed by atoms with van der Waals surface area (Å²) in [5, 5.41) is 0. The Morgan fingerprint density at radius 2 is 0.703 bits per heavy atom. The third-order valence-corrected chi connectivity index (χ3v) is 10.5. The molecule has 0 radical (unpaired) electrons. The lowest BCUT2D eigenvalue weighted by Crippen LogP contribution is -2.30. The number of esters is 2. The van der Waals surface area contributed by atoms with Crippen molar-refractivity contribution in [2.24, 2.45) is 0 Å². The highest BCUT2D eigenvalue weighted by molar-refractivity contribution is 5.70. The van der Waals surface area contributed by atoms with Crippen LogP contribution in [-0.4, -0.2) is 37.9 Å². The van der Waals surface area contributed by atoms with Crippen molar-refractivity contribution < 1.29 is 23.8 Å². The van der Waals surface area contributed by atoms with Gasteiger partial charge in [-0.3, -0.25) is 9.59 Å². The van der Waals surface area contributed by atoms with Crippen molar-refractivity contribution in [2.45, 2.75) is 219 Å². The van der Waals surface area contributed by atoms with E-state index in [1.807, 2.05) is 0 Å². The van der Waals surface area contributed by atoms with E-state index in [0.29, 0.717) is 19.4 Å². The molecule has 0 aliphatic rings. The summed E-state index contributed by atoms with van der Waals surface area (Å²) in [6, 6.07) is 0. The van der Waals surface area contributed by atoms with E-state index >= 15 is 0 Å². The van der Waals surface area contributed by atoms with E-state index in [0.717, 1.165) is 109 Å². The molecular weight excluding hydrogens is 789 g/mol. The van der Waals surface area contributed by atoms with Crippen molar-refractivity contribution in [3.8, 4) is 0 Å². The van der Waals surface area contributed by atoms with Crippen LogP contribution in [0.1, 0.15) is 213 Å². The summed E-state index contributed by atoms with van der Waals surface area (Å²) in [4.78, 5) is 25.4. The van der Waals surface area contributed by atoms with Crippen molar-refractivity contribution in [3.63, 3.8) is 0 Å². The Morgan fingerprint density at radius 3 is 1.16 bits per heavy atom. The van der Waals surface area contributed by atoms with Gasteiger partial charge >= 0.3 is 11.9 Å². The fourth-order valence-electron chi connectivity index (χ4n) is 6.65. The van der Waals surface area contributed by atoms with Crippen LogP contribution in [-0.2, 0) is 23.8 Å². The van der Waals surface area contributed by atoms with Gasteiger partial charge in [0.2, 0.25) is 0 Å². The lowest BCUT2D eigenvalue weighted by atomic mass is 10.1. The maximum atomic E-state index is 12.8. The zero-order chi connectivity index (χ0) is 46.3. The standard InChI is InChI=1S/C59H96O5/c1-4-7-10-13-16-19-22-25-28-29-30-31-33-34-37-40-43-46-49-52-58(60)63-56-57(55-62-54-51-48-45-42-39-36-27-24-21-18-15-12-9-6-3)64-59(61)53-50-47-44-41-38-35-32-26-23-20-17-14-11-8-5-2/h8-9,11-12,16-21,25-28,32,36,38,41-42,45,57H,4-7,10,13-15,22-24,29-31,33-35,37,39-40,43-44,46-56H2,1-3H3/b11-8-,12-9-,19-16-,20-17-,21-18-,28-25-,32-26-,36-27-,41-38-,45-42-. The number of carbonyl (C=O) groups excluding carboxylic acids is 2. The largest absolute Gasteiger partial charge is 0.462 e. The number of hydrogen-bond donors (Lipinski definition) is 0. The molecule has 0 N–H and O–H groups in total. The minimum Gasteiger partial charge on any atom is -0.462 e. The monoisotopic (exact) mass is 885 g/mol. The van der Waals surface area contributed by atoms with E-state index < -0.39 is 6.10 Å².